The molecule has 2 aromatic rings. The lowest BCUT2D eigenvalue weighted by atomic mass is 10.1. The van der Waals surface area contributed by atoms with Crippen molar-refractivity contribution in [2.75, 3.05) is 13.1 Å². The van der Waals surface area contributed by atoms with Crippen LogP contribution < -0.4 is 4.72 Å². The molecule has 2 aliphatic rings. The van der Waals surface area contributed by atoms with E-state index in [1.165, 1.54) is 16.8 Å². The third-order valence-corrected chi connectivity index (χ3v) is 7.18. The molecule has 1 aromatic heterocycles. The second-order valence-corrected chi connectivity index (χ2v) is 9.55. The molecule has 1 fully saturated rings. The first-order chi connectivity index (χ1) is 12.5. The van der Waals surface area contributed by atoms with E-state index in [0.29, 0.717) is 6.54 Å². The number of nitrogens with one attached hydrogen (secondary N) is 1. The number of sulfonamides is 1. The van der Waals surface area contributed by atoms with Gasteiger partial charge in [-0.05, 0) is 37.8 Å². The van der Waals surface area contributed by atoms with Crippen molar-refractivity contribution in [3.63, 3.8) is 0 Å². The van der Waals surface area contributed by atoms with Gasteiger partial charge in [-0.15, -0.1) is 0 Å². The molecule has 6 nitrogen and oxygen atoms in total. The van der Waals surface area contributed by atoms with Crippen LogP contribution in [-0.2, 0) is 23.1 Å². The van der Waals surface area contributed by atoms with Gasteiger partial charge < -0.3 is 0 Å². The minimum absolute atomic E-state index is 0.160. The summed E-state index contributed by atoms with van der Waals surface area (Å²) in [5, 5.41) is 4.31. The maximum Gasteiger partial charge on any atom is 0.214 e. The zero-order valence-corrected chi connectivity index (χ0v) is 16.0. The fourth-order valence-corrected chi connectivity index (χ4v) is 5.01. The first kappa shape index (κ1) is 17.7. The quantitative estimate of drug-likeness (QED) is 0.807. The van der Waals surface area contributed by atoms with Crippen molar-refractivity contribution in [3.8, 4) is 0 Å². The fraction of sp³-hybridized carbons (Fsp3) is 0.526. The van der Waals surface area contributed by atoms with Gasteiger partial charge in [0.1, 0.15) is 0 Å². The van der Waals surface area contributed by atoms with Crippen molar-refractivity contribution >= 4 is 10.0 Å². The lowest BCUT2D eigenvalue weighted by molar-refractivity contribution is 0.162. The molecule has 0 spiro atoms. The number of aromatic nitrogens is 2. The molecular weight excluding hydrogens is 348 g/mol. The summed E-state index contributed by atoms with van der Waals surface area (Å²) in [6.07, 6.45) is 4.19. The van der Waals surface area contributed by atoms with Gasteiger partial charge in [-0.3, -0.25) is 9.58 Å². The monoisotopic (exact) mass is 374 g/mol. The summed E-state index contributed by atoms with van der Waals surface area (Å²) in [7, 11) is -3.11. The van der Waals surface area contributed by atoms with Gasteiger partial charge in [0.15, 0.2) is 0 Å². The molecule has 7 heteroatoms. The van der Waals surface area contributed by atoms with E-state index in [-0.39, 0.29) is 11.3 Å². The van der Waals surface area contributed by atoms with Crippen molar-refractivity contribution < 1.29 is 8.42 Å². The second kappa shape index (κ2) is 7.13. The highest BCUT2D eigenvalue weighted by Crippen LogP contribution is 2.28. The van der Waals surface area contributed by atoms with E-state index in [4.69, 9.17) is 0 Å². The Hall–Kier alpha value is -1.70. The summed E-state index contributed by atoms with van der Waals surface area (Å²) in [6.45, 7) is 5.23. The van der Waals surface area contributed by atoms with Crippen LogP contribution in [0.5, 0.6) is 0 Å². The van der Waals surface area contributed by atoms with Crippen molar-refractivity contribution in [3.05, 3.63) is 53.3 Å². The number of rotatable bonds is 7. The summed E-state index contributed by atoms with van der Waals surface area (Å²) in [6, 6.07) is 10.9. The Kier molecular flexibility index (Phi) is 4.86. The highest BCUT2D eigenvalue weighted by atomic mass is 32.2. The maximum absolute atomic E-state index is 12.0. The van der Waals surface area contributed by atoms with Crippen LogP contribution in [0, 0.1) is 6.92 Å². The predicted octanol–water partition coefficient (Wildman–Crippen LogP) is 2.22. The van der Waals surface area contributed by atoms with Gasteiger partial charge in [0.2, 0.25) is 10.0 Å². The average molecular weight is 375 g/mol. The zero-order chi connectivity index (χ0) is 18.1. The topological polar surface area (TPSA) is 67.2 Å². The van der Waals surface area contributed by atoms with E-state index in [1.54, 1.807) is 0 Å². The van der Waals surface area contributed by atoms with Crippen LogP contribution in [0.1, 0.15) is 42.1 Å². The van der Waals surface area contributed by atoms with Gasteiger partial charge in [-0.1, -0.05) is 29.8 Å². The highest BCUT2D eigenvalue weighted by molar-refractivity contribution is 7.90. The largest absolute Gasteiger partial charge is 0.291 e. The Balaban J connectivity index is 1.40. The smallest absolute Gasteiger partial charge is 0.214 e. The number of aryl methyl sites for hydroxylation is 1. The molecular formula is C19H26N4O2S. The van der Waals surface area contributed by atoms with Crippen molar-refractivity contribution in [2.45, 2.75) is 50.6 Å². The van der Waals surface area contributed by atoms with Gasteiger partial charge >= 0.3 is 0 Å². The first-order valence-corrected chi connectivity index (χ1v) is 10.8. The minimum Gasteiger partial charge on any atom is -0.291 e. The Morgan fingerprint density at radius 3 is 2.69 bits per heavy atom. The Labute approximate surface area is 155 Å². The first-order valence-electron chi connectivity index (χ1n) is 9.30. The molecule has 2 heterocycles. The van der Waals surface area contributed by atoms with E-state index in [1.807, 2.05) is 6.20 Å². The van der Waals surface area contributed by atoms with Crippen LogP contribution in [0.2, 0.25) is 0 Å². The standard InChI is InChI=1S/C19H26N4O2S/c1-15-2-4-16(5-3-15)12-22-13-17-8-10-20-23(17)18(14-22)9-11-21-26(24,25)19-6-7-19/h2-5,8,10,18-19,21H,6-7,9,11-14H2,1H3/t18-/m1/s1. The Bertz CT molecular complexity index is 856. The molecule has 4 rings (SSSR count). The van der Waals surface area contributed by atoms with Crippen LogP contribution >= 0.6 is 0 Å². The number of nitrogens with zero attached hydrogens (tertiary/aromatic N) is 3. The van der Waals surface area contributed by atoms with E-state index >= 15 is 0 Å². The van der Waals surface area contributed by atoms with E-state index in [9.17, 15) is 8.42 Å². The third-order valence-electron chi connectivity index (χ3n) is 5.22. The summed E-state index contributed by atoms with van der Waals surface area (Å²) in [5.41, 5.74) is 3.77. The van der Waals surface area contributed by atoms with Gasteiger partial charge in [0.25, 0.3) is 0 Å². The van der Waals surface area contributed by atoms with Crippen LogP contribution in [0.4, 0.5) is 0 Å². The lowest BCUT2D eigenvalue weighted by Gasteiger charge is -2.34. The van der Waals surface area contributed by atoms with Gasteiger partial charge in [-0.2, -0.15) is 5.10 Å². The SMILES string of the molecule is Cc1ccc(CN2Cc3ccnn3[C@H](CCNS(=O)(=O)C3CC3)C2)cc1. The van der Waals surface area contributed by atoms with Crippen LogP contribution in [0.25, 0.3) is 0 Å². The number of fused-ring (bicyclic) bond motifs is 1. The van der Waals surface area contributed by atoms with E-state index in [0.717, 1.165) is 38.9 Å². The molecule has 1 aliphatic heterocycles. The molecule has 0 saturated heterocycles. The van der Waals surface area contributed by atoms with Crippen LogP contribution in [-0.4, -0.2) is 41.4 Å². The van der Waals surface area contributed by atoms with Crippen LogP contribution in [0.15, 0.2) is 36.5 Å². The summed E-state index contributed by atoms with van der Waals surface area (Å²) in [4.78, 5) is 2.42. The average Bonchev–Trinajstić information content (AvgIpc) is 3.37. The number of hydrogen-bond donors (Lipinski definition) is 1. The molecule has 0 unspecified atom stereocenters. The molecule has 1 aromatic carbocycles. The van der Waals surface area contributed by atoms with Crippen molar-refractivity contribution in [1.82, 2.24) is 19.4 Å². The molecule has 1 aliphatic carbocycles. The van der Waals surface area contributed by atoms with E-state index in [2.05, 4.69) is 56.7 Å². The molecule has 0 radical (unpaired) electrons. The van der Waals surface area contributed by atoms with E-state index < -0.39 is 10.0 Å². The Morgan fingerprint density at radius 1 is 1.19 bits per heavy atom. The predicted molar refractivity (Wildman–Crippen MR) is 101 cm³/mol. The molecule has 26 heavy (non-hydrogen) atoms. The van der Waals surface area contributed by atoms with Gasteiger partial charge in [0.05, 0.1) is 17.0 Å². The molecule has 0 amide bonds. The summed E-state index contributed by atoms with van der Waals surface area (Å²) >= 11 is 0. The van der Waals surface area contributed by atoms with Gasteiger partial charge in [0, 0.05) is 32.4 Å². The molecule has 1 saturated carbocycles. The minimum atomic E-state index is -3.11. The normalized spacial score (nSPS) is 20.9. The van der Waals surface area contributed by atoms with Crippen molar-refractivity contribution in [2.24, 2.45) is 0 Å². The number of hydrogen-bond acceptors (Lipinski definition) is 4. The summed E-state index contributed by atoms with van der Waals surface area (Å²) < 4.78 is 28.9. The lowest BCUT2D eigenvalue weighted by Crippen LogP contribution is -2.39. The molecule has 1 atom stereocenters. The molecule has 140 valence electrons. The van der Waals surface area contributed by atoms with Crippen LogP contribution in [0.3, 0.4) is 0 Å². The number of benzene rings is 1. The van der Waals surface area contributed by atoms with Crippen molar-refractivity contribution in [1.29, 1.82) is 0 Å². The zero-order valence-electron chi connectivity index (χ0n) is 15.1. The molecule has 0 bridgehead atoms. The second-order valence-electron chi connectivity index (χ2n) is 7.50. The highest BCUT2D eigenvalue weighted by Gasteiger charge is 2.35. The third kappa shape index (κ3) is 4.00. The fourth-order valence-electron chi connectivity index (χ4n) is 3.61. The van der Waals surface area contributed by atoms with Gasteiger partial charge in [-0.25, -0.2) is 13.1 Å². The summed E-state index contributed by atoms with van der Waals surface area (Å²) in [5.74, 6) is 0. The Morgan fingerprint density at radius 2 is 1.96 bits per heavy atom. The maximum atomic E-state index is 12.0. The molecule has 1 N–H and O–H groups in total.